The molecule has 1 aliphatic rings. The first-order chi connectivity index (χ1) is 8.47. The highest BCUT2D eigenvalue weighted by Gasteiger charge is 2.24. The summed E-state index contributed by atoms with van der Waals surface area (Å²) in [6.45, 7) is 7.08. The van der Waals surface area contributed by atoms with E-state index in [4.69, 9.17) is 0 Å². The number of carbonyl (C=O) groups excluding carboxylic acids is 1. The Labute approximate surface area is 108 Å². The molecule has 0 bridgehead atoms. The SMILES string of the molecule is Cc1cc(C)c(NC(=O)N2CC[C@@H](O)C2)c(C)c1. The van der Waals surface area contributed by atoms with Crippen LogP contribution in [-0.4, -0.2) is 35.2 Å². The predicted molar refractivity (Wildman–Crippen MR) is 71.9 cm³/mol. The van der Waals surface area contributed by atoms with Crippen LogP contribution in [0.15, 0.2) is 12.1 Å². The van der Waals surface area contributed by atoms with Gasteiger partial charge in [0.15, 0.2) is 0 Å². The zero-order valence-corrected chi connectivity index (χ0v) is 11.2. The number of hydrogen-bond donors (Lipinski definition) is 2. The highest BCUT2D eigenvalue weighted by atomic mass is 16.3. The van der Waals surface area contributed by atoms with Gasteiger partial charge in [0.05, 0.1) is 6.10 Å². The molecule has 1 aliphatic heterocycles. The number of amides is 2. The molecule has 0 aliphatic carbocycles. The molecule has 1 fully saturated rings. The second kappa shape index (κ2) is 4.98. The first kappa shape index (κ1) is 12.9. The average Bonchev–Trinajstić information content (AvgIpc) is 2.70. The molecule has 0 aromatic heterocycles. The van der Waals surface area contributed by atoms with E-state index in [1.165, 1.54) is 5.56 Å². The summed E-state index contributed by atoms with van der Waals surface area (Å²) in [4.78, 5) is 13.7. The van der Waals surface area contributed by atoms with Crippen molar-refractivity contribution >= 4 is 11.7 Å². The minimum Gasteiger partial charge on any atom is -0.391 e. The molecule has 0 spiro atoms. The molecule has 4 nitrogen and oxygen atoms in total. The van der Waals surface area contributed by atoms with Gasteiger partial charge in [-0.3, -0.25) is 0 Å². The van der Waals surface area contributed by atoms with Crippen LogP contribution in [0, 0.1) is 20.8 Å². The molecule has 1 aromatic carbocycles. The number of β-amino-alcohol motifs (C(OH)–C–C–N with tert-alkyl or cyclic N) is 1. The molecule has 2 amide bonds. The van der Waals surface area contributed by atoms with Crippen LogP contribution in [0.5, 0.6) is 0 Å². The zero-order chi connectivity index (χ0) is 13.3. The van der Waals surface area contributed by atoms with Gasteiger partial charge in [0, 0.05) is 18.8 Å². The molecule has 1 heterocycles. The summed E-state index contributed by atoms with van der Waals surface area (Å²) in [6.07, 6.45) is 0.287. The fourth-order valence-corrected chi connectivity index (χ4v) is 2.49. The van der Waals surface area contributed by atoms with Gasteiger partial charge in [0.1, 0.15) is 0 Å². The van der Waals surface area contributed by atoms with Gasteiger partial charge in [-0.05, 0) is 38.3 Å². The van der Waals surface area contributed by atoms with Gasteiger partial charge in [-0.2, -0.15) is 0 Å². The molecular formula is C14H20N2O2. The molecule has 4 heteroatoms. The number of urea groups is 1. The Morgan fingerprint density at radius 2 is 1.94 bits per heavy atom. The topological polar surface area (TPSA) is 52.6 Å². The number of aliphatic hydroxyl groups excluding tert-OH is 1. The average molecular weight is 248 g/mol. The molecule has 98 valence electrons. The lowest BCUT2D eigenvalue weighted by molar-refractivity contribution is 0.176. The van der Waals surface area contributed by atoms with Crippen LogP contribution in [0.25, 0.3) is 0 Å². The summed E-state index contributed by atoms with van der Waals surface area (Å²) < 4.78 is 0. The summed E-state index contributed by atoms with van der Waals surface area (Å²) in [5, 5.41) is 12.4. The number of nitrogens with zero attached hydrogens (tertiary/aromatic N) is 1. The van der Waals surface area contributed by atoms with E-state index in [9.17, 15) is 9.90 Å². The second-order valence-electron chi connectivity index (χ2n) is 5.09. The minimum absolute atomic E-state index is 0.124. The monoisotopic (exact) mass is 248 g/mol. The van der Waals surface area contributed by atoms with Crippen molar-refractivity contribution in [1.82, 2.24) is 4.90 Å². The van der Waals surface area contributed by atoms with Gasteiger partial charge >= 0.3 is 6.03 Å². The first-order valence-electron chi connectivity index (χ1n) is 6.29. The molecule has 0 saturated carbocycles. The Kier molecular flexibility index (Phi) is 3.57. The molecular weight excluding hydrogens is 228 g/mol. The number of rotatable bonds is 1. The lowest BCUT2D eigenvalue weighted by atomic mass is 10.1. The van der Waals surface area contributed by atoms with Crippen molar-refractivity contribution < 1.29 is 9.90 Å². The van der Waals surface area contributed by atoms with Crippen LogP contribution in [-0.2, 0) is 0 Å². The maximum Gasteiger partial charge on any atom is 0.321 e. The second-order valence-corrected chi connectivity index (χ2v) is 5.09. The third kappa shape index (κ3) is 2.64. The van der Waals surface area contributed by atoms with E-state index in [2.05, 4.69) is 17.4 Å². The Bertz CT molecular complexity index is 448. The molecule has 2 rings (SSSR count). The Morgan fingerprint density at radius 1 is 1.33 bits per heavy atom. The number of hydrogen-bond acceptors (Lipinski definition) is 2. The lowest BCUT2D eigenvalue weighted by Crippen LogP contribution is -2.34. The summed E-state index contributed by atoms with van der Waals surface area (Å²) in [6, 6.07) is 3.99. The largest absolute Gasteiger partial charge is 0.391 e. The fourth-order valence-electron chi connectivity index (χ4n) is 2.49. The number of anilines is 1. The van der Waals surface area contributed by atoms with E-state index in [1.807, 2.05) is 20.8 Å². The lowest BCUT2D eigenvalue weighted by Gasteiger charge is -2.19. The molecule has 1 aromatic rings. The maximum atomic E-state index is 12.1. The van der Waals surface area contributed by atoms with Crippen LogP contribution in [0.2, 0.25) is 0 Å². The van der Waals surface area contributed by atoms with E-state index in [0.717, 1.165) is 16.8 Å². The van der Waals surface area contributed by atoms with Crippen molar-refractivity contribution in [1.29, 1.82) is 0 Å². The quantitative estimate of drug-likeness (QED) is 0.800. The fraction of sp³-hybridized carbons (Fsp3) is 0.500. The minimum atomic E-state index is -0.379. The highest BCUT2D eigenvalue weighted by molar-refractivity contribution is 5.91. The van der Waals surface area contributed by atoms with Gasteiger partial charge in [0.2, 0.25) is 0 Å². The summed E-state index contributed by atoms with van der Waals surface area (Å²) in [5.74, 6) is 0. The number of aliphatic hydroxyl groups is 1. The van der Waals surface area contributed by atoms with Gasteiger partial charge in [-0.15, -0.1) is 0 Å². The van der Waals surface area contributed by atoms with Crippen molar-refractivity contribution in [3.63, 3.8) is 0 Å². The van der Waals surface area contributed by atoms with Crippen LogP contribution < -0.4 is 5.32 Å². The first-order valence-corrected chi connectivity index (χ1v) is 6.29. The maximum absolute atomic E-state index is 12.1. The predicted octanol–water partition coefficient (Wildman–Crippen LogP) is 2.21. The van der Waals surface area contributed by atoms with E-state index < -0.39 is 0 Å². The summed E-state index contributed by atoms with van der Waals surface area (Å²) >= 11 is 0. The van der Waals surface area contributed by atoms with E-state index in [0.29, 0.717) is 19.5 Å². The number of benzene rings is 1. The molecule has 2 N–H and O–H groups in total. The number of aryl methyl sites for hydroxylation is 3. The summed E-state index contributed by atoms with van der Waals surface area (Å²) in [7, 11) is 0. The van der Waals surface area contributed by atoms with Crippen LogP contribution in [0.3, 0.4) is 0 Å². The Morgan fingerprint density at radius 3 is 2.44 bits per heavy atom. The van der Waals surface area contributed by atoms with Crippen LogP contribution in [0.1, 0.15) is 23.1 Å². The Hall–Kier alpha value is -1.55. The van der Waals surface area contributed by atoms with Crippen molar-refractivity contribution in [2.45, 2.75) is 33.3 Å². The van der Waals surface area contributed by atoms with E-state index in [1.54, 1.807) is 4.90 Å². The van der Waals surface area contributed by atoms with Crippen molar-refractivity contribution in [2.75, 3.05) is 18.4 Å². The smallest absolute Gasteiger partial charge is 0.321 e. The highest BCUT2D eigenvalue weighted by Crippen LogP contribution is 2.22. The van der Waals surface area contributed by atoms with Crippen LogP contribution >= 0.6 is 0 Å². The molecule has 18 heavy (non-hydrogen) atoms. The van der Waals surface area contributed by atoms with Gasteiger partial charge in [-0.1, -0.05) is 17.7 Å². The van der Waals surface area contributed by atoms with E-state index >= 15 is 0 Å². The number of nitrogens with one attached hydrogen (secondary N) is 1. The Balaban J connectivity index is 2.12. The third-order valence-electron chi connectivity index (χ3n) is 3.36. The normalized spacial score (nSPS) is 19.1. The van der Waals surface area contributed by atoms with Crippen LogP contribution in [0.4, 0.5) is 10.5 Å². The zero-order valence-electron chi connectivity index (χ0n) is 11.2. The molecule has 0 unspecified atom stereocenters. The standard InChI is InChI=1S/C14H20N2O2/c1-9-6-10(2)13(11(3)7-9)15-14(18)16-5-4-12(17)8-16/h6-7,12,17H,4-5,8H2,1-3H3,(H,15,18)/t12-/m1/s1. The summed E-state index contributed by atoms with van der Waals surface area (Å²) in [5.41, 5.74) is 4.22. The van der Waals surface area contributed by atoms with Gasteiger partial charge in [-0.25, -0.2) is 4.79 Å². The van der Waals surface area contributed by atoms with Gasteiger partial charge < -0.3 is 15.3 Å². The molecule has 1 saturated heterocycles. The molecule has 1 atom stereocenters. The molecule has 0 radical (unpaired) electrons. The van der Waals surface area contributed by atoms with E-state index in [-0.39, 0.29) is 12.1 Å². The number of likely N-dealkylation sites (tertiary alicyclic amines) is 1. The third-order valence-corrected chi connectivity index (χ3v) is 3.36. The van der Waals surface area contributed by atoms with Gasteiger partial charge in [0.25, 0.3) is 0 Å². The number of carbonyl (C=O) groups is 1. The van der Waals surface area contributed by atoms with Crippen molar-refractivity contribution in [3.8, 4) is 0 Å². The van der Waals surface area contributed by atoms with Crippen molar-refractivity contribution in [3.05, 3.63) is 28.8 Å². The van der Waals surface area contributed by atoms with Crippen molar-refractivity contribution in [2.24, 2.45) is 0 Å².